The molecule has 0 aliphatic heterocycles. The Bertz CT molecular complexity index is 927. The highest BCUT2D eigenvalue weighted by Gasteiger charge is 2.29. The van der Waals surface area contributed by atoms with Gasteiger partial charge >= 0.3 is 5.97 Å². The molecule has 1 fully saturated rings. The minimum Gasteiger partial charge on any atom is -0.478 e. The highest BCUT2D eigenvalue weighted by molar-refractivity contribution is 7.90. The maximum absolute atomic E-state index is 12.2. The fourth-order valence-corrected chi connectivity index (χ4v) is 2.84. The molecule has 1 aromatic carbocycles. The van der Waals surface area contributed by atoms with Gasteiger partial charge in [-0.2, -0.15) is 0 Å². The Labute approximate surface area is 137 Å². The standard InChI is InChI=1S/C15H14N2O6S/c1-24(21,22)11-5-9(15(19)20)4-10(6-11)16-14(18)12-7-13(23-17-12)8-2-3-8/h4-8H,2-3H2,1H3,(H,16,18)(H,19,20). The van der Waals surface area contributed by atoms with Gasteiger partial charge in [0.25, 0.3) is 5.91 Å². The number of carboxylic acids is 1. The number of nitrogens with zero attached hydrogens (tertiary/aromatic N) is 1. The van der Waals surface area contributed by atoms with Gasteiger partial charge in [0.15, 0.2) is 15.5 Å². The molecule has 3 rings (SSSR count). The van der Waals surface area contributed by atoms with Crippen LogP contribution in [0.25, 0.3) is 0 Å². The SMILES string of the molecule is CS(=O)(=O)c1cc(NC(=O)c2cc(C3CC3)on2)cc(C(=O)O)c1. The maximum atomic E-state index is 12.2. The quantitative estimate of drug-likeness (QED) is 0.843. The van der Waals surface area contributed by atoms with Gasteiger partial charge in [0.05, 0.1) is 10.5 Å². The summed E-state index contributed by atoms with van der Waals surface area (Å²) < 4.78 is 28.4. The molecule has 1 aromatic heterocycles. The van der Waals surface area contributed by atoms with Crippen LogP contribution in [0.5, 0.6) is 0 Å². The summed E-state index contributed by atoms with van der Waals surface area (Å²) in [5.41, 5.74) is -0.137. The van der Waals surface area contributed by atoms with E-state index in [2.05, 4.69) is 10.5 Å². The third-order valence-corrected chi connectivity index (χ3v) is 4.67. The number of amides is 1. The highest BCUT2D eigenvalue weighted by Crippen LogP contribution is 2.40. The smallest absolute Gasteiger partial charge is 0.335 e. The molecule has 2 N–H and O–H groups in total. The third-order valence-electron chi connectivity index (χ3n) is 3.58. The van der Waals surface area contributed by atoms with Crippen molar-refractivity contribution >= 4 is 27.4 Å². The fourth-order valence-electron chi connectivity index (χ4n) is 2.16. The summed E-state index contributed by atoms with van der Waals surface area (Å²) in [6, 6.07) is 4.94. The lowest BCUT2D eigenvalue weighted by Gasteiger charge is -2.07. The normalized spacial score (nSPS) is 14.4. The predicted octanol–water partition coefficient (Wildman–Crippen LogP) is 1.91. The molecular weight excluding hydrogens is 336 g/mol. The monoisotopic (exact) mass is 350 g/mol. The van der Waals surface area contributed by atoms with Crippen LogP contribution in [0.2, 0.25) is 0 Å². The van der Waals surface area contributed by atoms with Crippen molar-refractivity contribution in [3.05, 3.63) is 41.3 Å². The van der Waals surface area contributed by atoms with Gasteiger partial charge in [0, 0.05) is 23.9 Å². The molecular formula is C15H14N2O6S. The molecule has 1 aliphatic carbocycles. The van der Waals surface area contributed by atoms with Gasteiger partial charge in [-0.3, -0.25) is 4.79 Å². The van der Waals surface area contributed by atoms with Crippen LogP contribution >= 0.6 is 0 Å². The molecule has 0 bridgehead atoms. The molecule has 8 nitrogen and oxygen atoms in total. The van der Waals surface area contributed by atoms with E-state index in [9.17, 15) is 18.0 Å². The zero-order valence-electron chi connectivity index (χ0n) is 12.6. The van der Waals surface area contributed by atoms with Crippen LogP contribution in [0, 0.1) is 0 Å². The summed E-state index contributed by atoms with van der Waals surface area (Å²) in [6.45, 7) is 0. The Morgan fingerprint density at radius 2 is 1.96 bits per heavy atom. The number of benzene rings is 1. The van der Waals surface area contributed by atoms with Crippen LogP contribution < -0.4 is 5.32 Å². The lowest BCUT2D eigenvalue weighted by atomic mass is 10.2. The van der Waals surface area contributed by atoms with Gasteiger partial charge in [-0.25, -0.2) is 13.2 Å². The number of aromatic nitrogens is 1. The first-order chi connectivity index (χ1) is 11.2. The first-order valence-electron chi connectivity index (χ1n) is 7.10. The molecule has 0 spiro atoms. The number of carbonyl (C=O) groups is 2. The first-order valence-corrected chi connectivity index (χ1v) is 8.99. The van der Waals surface area contributed by atoms with E-state index in [1.807, 2.05) is 0 Å². The second kappa shape index (κ2) is 5.75. The second-order valence-corrected chi connectivity index (χ2v) is 7.68. The minimum absolute atomic E-state index is 0.0521. The summed E-state index contributed by atoms with van der Waals surface area (Å²) in [5.74, 6) is -0.969. The lowest BCUT2D eigenvalue weighted by molar-refractivity contribution is 0.0696. The van der Waals surface area contributed by atoms with Crippen molar-refractivity contribution in [2.45, 2.75) is 23.7 Å². The van der Waals surface area contributed by atoms with Crippen molar-refractivity contribution in [2.24, 2.45) is 0 Å². The van der Waals surface area contributed by atoms with Gasteiger partial charge in [-0.15, -0.1) is 0 Å². The van der Waals surface area contributed by atoms with Crippen LogP contribution in [0.15, 0.2) is 33.7 Å². The minimum atomic E-state index is -3.63. The molecule has 1 aliphatic rings. The molecule has 0 saturated heterocycles. The number of rotatable bonds is 5. The number of anilines is 1. The molecule has 1 heterocycles. The van der Waals surface area contributed by atoms with Crippen molar-refractivity contribution in [3.8, 4) is 0 Å². The number of carboxylic acid groups (broad SMARTS) is 1. The molecule has 2 aromatic rings. The lowest BCUT2D eigenvalue weighted by Crippen LogP contribution is -2.13. The van der Waals surface area contributed by atoms with Gasteiger partial charge in [-0.05, 0) is 31.0 Å². The Morgan fingerprint density at radius 1 is 1.25 bits per heavy atom. The van der Waals surface area contributed by atoms with E-state index in [0.717, 1.165) is 25.2 Å². The van der Waals surface area contributed by atoms with E-state index in [0.29, 0.717) is 11.7 Å². The van der Waals surface area contributed by atoms with E-state index < -0.39 is 21.7 Å². The van der Waals surface area contributed by atoms with Crippen molar-refractivity contribution in [3.63, 3.8) is 0 Å². The van der Waals surface area contributed by atoms with Crippen molar-refractivity contribution < 1.29 is 27.6 Å². The summed E-state index contributed by atoms with van der Waals surface area (Å²) in [4.78, 5) is 23.1. The highest BCUT2D eigenvalue weighted by atomic mass is 32.2. The largest absolute Gasteiger partial charge is 0.478 e. The van der Waals surface area contributed by atoms with E-state index in [4.69, 9.17) is 9.63 Å². The molecule has 9 heteroatoms. The van der Waals surface area contributed by atoms with Crippen LogP contribution in [0.1, 0.15) is 45.4 Å². The average molecular weight is 350 g/mol. The summed E-state index contributed by atoms with van der Waals surface area (Å²) in [6.07, 6.45) is 2.95. The topological polar surface area (TPSA) is 127 Å². The van der Waals surface area contributed by atoms with Crippen molar-refractivity contribution in [1.29, 1.82) is 0 Å². The predicted molar refractivity (Wildman–Crippen MR) is 82.9 cm³/mol. The van der Waals surface area contributed by atoms with Gasteiger partial charge < -0.3 is 14.9 Å². The molecule has 0 radical (unpaired) electrons. The number of aromatic carboxylic acids is 1. The maximum Gasteiger partial charge on any atom is 0.335 e. The Kier molecular flexibility index (Phi) is 3.88. The first kappa shape index (κ1) is 16.2. The van der Waals surface area contributed by atoms with E-state index in [-0.39, 0.29) is 21.8 Å². The van der Waals surface area contributed by atoms with E-state index in [1.54, 1.807) is 0 Å². The molecule has 0 unspecified atom stereocenters. The average Bonchev–Trinajstić information content (AvgIpc) is 3.23. The number of sulfone groups is 1. The van der Waals surface area contributed by atoms with E-state index >= 15 is 0 Å². The number of nitrogens with one attached hydrogen (secondary N) is 1. The third kappa shape index (κ3) is 3.46. The van der Waals surface area contributed by atoms with Crippen LogP contribution in [-0.4, -0.2) is 36.8 Å². The van der Waals surface area contributed by atoms with Gasteiger partial charge in [-0.1, -0.05) is 5.16 Å². The second-order valence-electron chi connectivity index (χ2n) is 5.67. The number of hydrogen-bond donors (Lipinski definition) is 2. The summed E-state index contributed by atoms with van der Waals surface area (Å²) in [5, 5.41) is 15.2. The summed E-state index contributed by atoms with van der Waals surface area (Å²) >= 11 is 0. The van der Waals surface area contributed by atoms with Gasteiger partial charge in [0.1, 0.15) is 5.76 Å². The van der Waals surface area contributed by atoms with Crippen LogP contribution in [0.4, 0.5) is 5.69 Å². The Balaban J connectivity index is 1.88. The fraction of sp³-hybridized carbons (Fsp3) is 0.267. The molecule has 1 saturated carbocycles. The zero-order valence-corrected chi connectivity index (χ0v) is 13.5. The number of carbonyl (C=O) groups excluding carboxylic acids is 1. The molecule has 0 atom stereocenters. The van der Waals surface area contributed by atoms with Crippen LogP contribution in [0.3, 0.4) is 0 Å². The van der Waals surface area contributed by atoms with Gasteiger partial charge in [0.2, 0.25) is 0 Å². The number of hydrogen-bond acceptors (Lipinski definition) is 6. The molecule has 1 amide bonds. The van der Waals surface area contributed by atoms with Crippen LogP contribution in [-0.2, 0) is 9.84 Å². The molecule has 24 heavy (non-hydrogen) atoms. The molecule has 126 valence electrons. The Hall–Kier alpha value is -2.68. The summed E-state index contributed by atoms with van der Waals surface area (Å²) in [7, 11) is -3.63. The van der Waals surface area contributed by atoms with E-state index in [1.165, 1.54) is 18.2 Å². The van der Waals surface area contributed by atoms with Crippen molar-refractivity contribution in [2.75, 3.05) is 11.6 Å². The Morgan fingerprint density at radius 3 is 2.54 bits per heavy atom. The van der Waals surface area contributed by atoms with Crippen molar-refractivity contribution in [1.82, 2.24) is 5.16 Å². The zero-order chi connectivity index (χ0) is 17.5.